The van der Waals surface area contributed by atoms with E-state index in [1.54, 1.807) is 28.9 Å². The second-order valence-corrected chi connectivity index (χ2v) is 7.10. The highest BCUT2D eigenvalue weighted by atomic mass is 35.5. The lowest BCUT2D eigenvalue weighted by molar-refractivity contribution is 0.102. The minimum Gasteiger partial charge on any atom is -0.334 e. The van der Waals surface area contributed by atoms with Gasteiger partial charge in [0.2, 0.25) is 5.95 Å². The van der Waals surface area contributed by atoms with Crippen LogP contribution in [0.1, 0.15) is 16.9 Å². The third kappa shape index (κ3) is 2.51. The van der Waals surface area contributed by atoms with E-state index in [0.29, 0.717) is 34.4 Å². The van der Waals surface area contributed by atoms with Crippen molar-refractivity contribution in [3.05, 3.63) is 53.3 Å². The summed E-state index contributed by atoms with van der Waals surface area (Å²) in [5.41, 5.74) is 1.80. The lowest BCUT2D eigenvalue weighted by Crippen LogP contribution is -2.44. The number of piperazine rings is 1. The Hall–Kier alpha value is -2.64. The van der Waals surface area contributed by atoms with E-state index in [1.165, 1.54) is 0 Å². The first-order valence-electron chi connectivity index (χ1n) is 8.60. The average molecular weight is 369 g/mol. The smallest absolute Gasteiger partial charge is 0.274 e. The third-order valence-electron chi connectivity index (χ3n) is 5.05. The number of amides is 1. The topological polar surface area (TPSA) is 74.6 Å². The zero-order valence-corrected chi connectivity index (χ0v) is 14.6. The molecule has 8 heteroatoms. The van der Waals surface area contributed by atoms with Crippen LogP contribution in [0.25, 0.3) is 5.52 Å². The fourth-order valence-corrected chi connectivity index (χ4v) is 3.93. The molecule has 2 aliphatic rings. The summed E-state index contributed by atoms with van der Waals surface area (Å²) in [6.07, 6.45) is 2.88. The van der Waals surface area contributed by atoms with Gasteiger partial charge in [-0.25, -0.2) is 9.50 Å². The normalized spacial score (nSPS) is 21.5. The first-order chi connectivity index (χ1) is 12.7. The van der Waals surface area contributed by atoms with Gasteiger partial charge in [0.25, 0.3) is 5.91 Å². The maximum Gasteiger partial charge on any atom is 0.274 e. The first kappa shape index (κ1) is 15.6. The number of fused-ring (bicyclic) bond motifs is 3. The van der Waals surface area contributed by atoms with Crippen LogP contribution in [0.3, 0.4) is 0 Å². The second kappa shape index (κ2) is 5.96. The maximum atomic E-state index is 12.7. The van der Waals surface area contributed by atoms with Crippen LogP contribution in [0.5, 0.6) is 0 Å². The predicted molar refractivity (Wildman–Crippen MR) is 99.9 cm³/mol. The molecule has 0 aliphatic carbocycles. The number of para-hydroxylation sites is 1. The lowest BCUT2D eigenvalue weighted by Gasteiger charge is -2.27. The molecule has 2 saturated heterocycles. The highest BCUT2D eigenvalue weighted by Gasteiger charge is 2.39. The fraction of sp³-hybridized carbons (Fsp3) is 0.278. The van der Waals surface area contributed by atoms with Crippen molar-refractivity contribution in [3.8, 4) is 0 Å². The molecule has 1 aromatic carbocycles. The molecule has 1 unspecified atom stereocenters. The Kier molecular flexibility index (Phi) is 3.58. The summed E-state index contributed by atoms with van der Waals surface area (Å²) in [7, 11) is 0. The van der Waals surface area contributed by atoms with Crippen LogP contribution in [-0.4, -0.2) is 45.7 Å². The molecule has 2 N–H and O–H groups in total. The summed E-state index contributed by atoms with van der Waals surface area (Å²) in [6.45, 7) is 1.86. The molecule has 7 nitrogen and oxygen atoms in total. The standard InChI is InChI=1S/C18H17ClN6O/c19-14-3-1-2-4-15(14)22-17(26)16-6-5-12-8-21-18(23-25(12)16)24-10-11-7-13(24)9-20-11/h1-6,8,11,13,20H,7,9-10H2,(H,22,26)/t11-,13?/m1/s1. The molecular formula is C18H17ClN6O. The molecule has 0 radical (unpaired) electrons. The van der Waals surface area contributed by atoms with Gasteiger partial charge in [-0.05, 0) is 30.7 Å². The van der Waals surface area contributed by atoms with Crippen LogP contribution < -0.4 is 15.5 Å². The summed E-state index contributed by atoms with van der Waals surface area (Å²) in [6, 6.07) is 11.7. The maximum absolute atomic E-state index is 12.7. The Balaban J connectivity index is 1.47. The number of carbonyl (C=O) groups is 1. The van der Waals surface area contributed by atoms with Gasteiger partial charge < -0.3 is 15.5 Å². The number of hydrogen-bond donors (Lipinski definition) is 2. The van der Waals surface area contributed by atoms with Crippen molar-refractivity contribution < 1.29 is 4.79 Å². The van der Waals surface area contributed by atoms with Gasteiger partial charge in [0.1, 0.15) is 5.69 Å². The number of anilines is 2. The zero-order chi connectivity index (χ0) is 17.7. The molecule has 3 aromatic rings. The van der Waals surface area contributed by atoms with Gasteiger partial charge in [0, 0.05) is 25.2 Å². The molecule has 26 heavy (non-hydrogen) atoms. The Bertz CT molecular complexity index is 1000. The van der Waals surface area contributed by atoms with E-state index < -0.39 is 0 Å². The van der Waals surface area contributed by atoms with Crippen molar-refractivity contribution in [1.82, 2.24) is 19.9 Å². The van der Waals surface area contributed by atoms with Crippen LogP contribution >= 0.6 is 11.6 Å². The van der Waals surface area contributed by atoms with E-state index in [2.05, 4.69) is 25.6 Å². The number of nitrogens with zero attached hydrogens (tertiary/aromatic N) is 4. The Morgan fingerprint density at radius 2 is 2.15 bits per heavy atom. The Morgan fingerprint density at radius 1 is 1.27 bits per heavy atom. The van der Waals surface area contributed by atoms with E-state index in [0.717, 1.165) is 25.0 Å². The van der Waals surface area contributed by atoms with Crippen molar-refractivity contribution in [1.29, 1.82) is 0 Å². The van der Waals surface area contributed by atoms with Gasteiger partial charge in [-0.15, -0.1) is 5.10 Å². The summed E-state index contributed by atoms with van der Waals surface area (Å²) in [4.78, 5) is 19.4. The Morgan fingerprint density at radius 3 is 2.92 bits per heavy atom. The van der Waals surface area contributed by atoms with Gasteiger partial charge in [-0.1, -0.05) is 23.7 Å². The number of benzene rings is 1. The molecule has 2 aliphatic heterocycles. The number of carbonyl (C=O) groups excluding carboxylic acids is 1. The molecule has 0 spiro atoms. The number of aromatic nitrogens is 3. The van der Waals surface area contributed by atoms with Gasteiger partial charge >= 0.3 is 0 Å². The zero-order valence-electron chi connectivity index (χ0n) is 13.9. The van der Waals surface area contributed by atoms with E-state index in [-0.39, 0.29) is 5.91 Å². The second-order valence-electron chi connectivity index (χ2n) is 6.69. The highest BCUT2D eigenvalue weighted by Crippen LogP contribution is 2.27. The number of rotatable bonds is 3. The summed E-state index contributed by atoms with van der Waals surface area (Å²) in [5, 5.41) is 11.4. The van der Waals surface area contributed by atoms with Crippen LogP contribution in [0, 0.1) is 0 Å². The highest BCUT2D eigenvalue weighted by molar-refractivity contribution is 6.33. The number of halogens is 1. The van der Waals surface area contributed by atoms with Crippen molar-refractivity contribution in [2.24, 2.45) is 0 Å². The van der Waals surface area contributed by atoms with Gasteiger partial charge in [0.15, 0.2) is 0 Å². The molecule has 132 valence electrons. The number of hydrogen-bond acceptors (Lipinski definition) is 5. The van der Waals surface area contributed by atoms with Crippen LogP contribution in [0.15, 0.2) is 42.6 Å². The quantitative estimate of drug-likeness (QED) is 0.741. The van der Waals surface area contributed by atoms with Crippen molar-refractivity contribution >= 4 is 34.7 Å². The van der Waals surface area contributed by atoms with E-state index in [1.807, 2.05) is 18.2 Å². The van der Waals surface area contributed by atoms with E-state index in [4.69, 9.17) is 11.6 Å². The lowest BCUT2D eigenvalue weighted by atomic mass is 10.2. The van der Waals surface area contributed by atoms with Crippen LogP contribution in [0.4, 0.5) is 11.6 Å². The predicted octanol–water partition coefficient (Wildman–Crippen LogP) is 2.19. The molecule has 2 aromatic heterocycles. The minimum absolute atomic E-state index is 0.257. The van der Waals surface area contributed by atoms with Crippen molar-refractivity contribution in [2.45, 2.75) is 18.5 Å². The number of nitrogens with one attached hydrogen (secondary N) is 2. The molecular weight excluding hydrogens is 352 g/mol. The molecule has 2 atom stereocenters. The summed E-state index contributed by atoms with van der Waals surface area (Å²) in [5.74, 6) is 0.404. The van der Waals surface area contributed by atoms with Gasteiger partial charge in [0.05, 0.1) is 22.4 Å². The fourth-order valence-electron chi connectivity index (χ4n) is 3.75. The minimum atomic E-state index is -0.257. The largest absolute Gasteiger partial charge is 0.334 e. The van der Waals surface area contributed by atoms with Crippen molar-refractivity contribution in [2.75, 3.05) is 23.3 Å². The summed E-state index contributed by atoms with van der Waals surface area (Å²) < 4.78 is 1.65. The van der Waals surface area contributed by atoms with Crippen molar-refractivity contribution in [3.63, 3.8) is 0 Å². The third-order valence-corrected chi connectivity index (χ3v) is 5.38. The Labute approximate surface area is 155 Å². The molecule has 0 saturated carbocycles. The van der Waals surface area contributed by atoms with Gasteiger partial charge in [-0.3, -0.25) is 4.79 Å². The monoisotopic (exact) mass is 368 g/mol. The first-order valence-corrected chi connectivity index (χ1v) is 8.97. The van der Waals surface area contributed by atoms with Crippen LogP contribution in [0.2, 0.25) is 5.02 Å². The molecule has 2 fully saturated rings. The summed E-state index contributed by atoms with van der Waals surface area (Å²) >= 11 is 6.14. The SMILES string of the molecule is O=C(Nc1ccccc1Cl)c1ccc2cnc(N3C[C@H]4CC3CN4)nn12. The van der Waals surface area contributed by atoms with Crippen LogP contribution in [-0.2, 0) is 0 Å². The average Bonchev–Trinajstić information content (AvgIpc) is 3.38. The molecule has 5 rings (SSSR count). The van der Waals surface area contributed by atoms with E-state index >= 15 is 0 Å². The van der Waals surface area contributed by atoms with E-state index in [9.17, 15) is 4.79 Å². The van der Waals surface area contributed by atoms with Gasteiger partial charge in [-0.2, -0.15) is 0 Å². The molecule has 1 amide bonds. The molecule has 4 heterocycles. The molecule has 2 bridgehead atoms.